The number of anilines is 1. The van der Waals surface area contributed by atoms with E-state index < -0.39 is 12.2 Å². The van der Waals surface area contributed by atoms with Gasteiger partial charge < -0.3 is 14.8 Å². The molecule has 8 nitrogen and oxygen atoms in total. The predicted molar refractivity (Wildman–Crippen MR) is 154 cm³/mol. The lowest BCUT2D eigenvalue weighted by atomic mass is 10.1. The van der Waals surface area contributed by atoms with Crippen molar-refractivity contribution in [3.05, 3.63) is 74.6 Å². The maximum atomic E-state index is 12.6. The molecule has 2 amide bonds. The molecule has 204 valence electrons. The van der Waals surface area contributed by atoms with Crippen LogP contribution in [0.5, 0.6) is 0 Å². The SMILES string of the molecule is C=C(CCCc1nnc(NC(=O)C2CC(C=C(C)C)=C(C)O2)s1)SC(=C)NC(=O)C1CC(/C=C/C)=C(C)O1. The van der Waals surface area contributed by atoms with E-state index in [1.165, 1.54) is 23.1 Å². The van der Waals surface area contributed by atoms with Gasteiger partial charge >= 0.3 is 0 Å². The van der Waals surface area contributed by atoms with E-state index in [0.29, 0.717) is 29.4 Å². The Kier molecular flexibility index (Phi) is 10.6. The third-order valence-electron chi connectivity index (χ3n) is 5.84. The van der Waals surface area contributed by atoms with Crippen LogP contribution in [0.15, 0.2) is 69.6 Å². The third-order valence-corrected chi connectivity index (χ3v) is 7.58. The first-order chi connectivity index (χ1) is 18.0. The minimum absolute atomic E-state index is 0.209. The van der Waals surface area contributed by atoms with Crippen LogP contribution in [0.25, 0.3) is 0 Å². The molecule has 38 heavy (non-hydrogen) atoms. The number of nitrogens with zero attached hydrogens (tertiary/aromatic N) is 2. The topological polar surface area (TPSA) is 102 Å². The van der Waals surface area contributed by atoms with Crippen LogP contribution in [0.3, 0.4) is 0 Å². The van der Waals surface area contributed by atoms with Crippen molar-refractivity contribution < 1.29 is 19.1 Å². The molecule has 1 aromatic heterocycles. The molecule has 0 saturated heterocycles. The number of thioether (sulfide) groups is 1. The van der Waals surface area contributed by atoms with Crippen LogP contribution in [0, 0.1) is 0 Å². The maximum absolute atomic E-state index is 12.6. The Morgan fingerprint density at radius 1 is 1.08 bits per heavy atom. The molecule has 3 rings (SSSR count). The molecule has 2 aliphatic heterocycles. The van der Waals surface area contributed by atoms with E-state index in [-0.39, 0.29) is 11.8 Å². The minimum Gasteiger partial charge on any atom is -0.485 e. The van der Waals surface area contributed by atoms with Crippen LogP contribution >= 0.6 is 23.1 Å². The highest BCUT2D eigenvalue weighted by molar-refractivity contribution is 8.06. The van der Waals surface area contributed by atoms with Crippen molar-refractivity contribution in [2.45, 2.75) is 78.9 Å². The number of aryl methyl sites for hydroxylation is 1. The first-order valence-corrected chi connectivity index (χ1v) is 14.2. The van der Waals surface area contributed by atoms with Gasteiger partial charge in [0, 0.05) is 19.3 Å². The molecule has 10 heteroatoms. The summed E-state index contributed by atoms with van der Waals surface area (Å²) in [6.07, 6.45) is 8.16. The van der Waals surface area contributed by atoms with Crippen molar-refractivity contribution in [3.63, 3.8) is 0 Å². The molecule has 3 heterocycles. The molecule has 2 N–H and O–H groups in total. The highest BCUT2D eigenvalue weighted by Crippen LogP contribution is 2.30. The Balaban J connectivity index is 1.36. The second-order valence-corrected chi connectivity index (χ2v) is 11.7. The lowest BCUT2D eigenvalue weighted by molar-refractivity contribution is -0.128. The maximum Gasteiger partial charge on any atom is 0.267 e. The summed E-state index contributed by atoms with van der Waals surface area (Å²) in [6.45, 7) is 17.8. The average molecular weight is 557 g/mol. The second-order valence-electron chi connectivity index (χ2n) is 9.40. The van der Waals surface area contributed by atoms with Gasteiger partial charge in [-0.3, -0.25) is 14.9 Å². The van der Waals surface area contributed by atoms with Gasteiger partial charge in [-0.05, 0) is 63.5 Å². The van der Waals surface area contributed by atoms with Crippen LogP contribution in [0.2, 0.25) is 0 Å². The summed E-state index contributed by atoms with van der Waals surface area (Å²) in [4.78, 5) is 26.0. The van der Waals surface area contributed by atoms with Gasteiger partial charge in [0.2, 0.25) is 5.13 Å². The summed E-state index contributed by atoms with van der Waals surface area (Å²) in [5.74, 6) is 1.13. The molecule has 0 spiro atoms. The second kappa shape index (κ2) is 13.6. The first kappa shape index (κ1) is 29.4. The highest BCUT2D eigenvalue weighted by atomic mass is 32.2. The van der Waals surface area contributed by atoms with E-state index in [1.54, 1.807) is 0 Å². The van der Waals surface area contributed by atoms with E-state index in [2.05, 4.69) is 34.0 Å². The molecule has 2 atom stereocenters. The van der Waals surface area contributed by atoms with Crippen molar-refractivity contribution in [2.75, 3.05) is 5.32 Å². The third kappa shape index (κ3) is 8.46. The quantitative estimate of drug-likeness (QED) is 0.311. The molecule has 0 radical (unpaired) electrons. The fourth-order valence-electron chi connectivity index (χ4n) is 4.03. The van der Waals surface area contributed by atoms with Gasteiger partial charge in [0.1, 0.15) is 5.01 Å². The van der Waals surface area contributed by atoms with E-state index in [9.17, 15) is 9.59 Å². The molecular formula is C28H36N4O4S2. The first-order valence-electron chi connectivity index (χ1n) is 12.5. The summed E-state index contributed by atoms with van der Waals surface area (Å²) >= 11 is 2.70. The van der Waals surface area contributed by atoms with Gasteiger partial charge in [-0.25, -0.2) is 0 Å². The van der Waals surface area contributed by atoms with Gasteiger partial charge in [-0.15, -0.1) is 10.2 Å². The van der Waals surface area contributed by atoms with E-state index in [0.717, 1.165) is 51.0 Å². The number of hydrogen-bond donors (Lipinski definition) is 2. The zero-order chi connectivity index (χ0) is 27.8. The zero-order valence-corrected chi connectivity index (χ0v) is 24.3. The monoisotopic (exact) mass is 556 g/mol. The summed E-state index contributed by atoms with van der Waals surface area (Å²) in [5, 5.41) is 15.7. The van der Waals surface area contributed by atoms with E-state index in [4.69, 9.17) is 9.47 Å². The number of carbonyl (C=O) groups excluding carboxylic acids is 2. The molecule has 2 unspecified atom stereocenters. The summed E-state index contributed by atoms with van der Waals surface area (Å²) < 4.78 is 11.4. The van der Waals surface area contributed by atoms with Gasteiger partial charge in [-0.2, -0.15) is 0 Å². The van der Waals surface area contributed by atoms with Crippen LogP contribution in [0.4, 0.5) is 5.13 Å². The van der Waals surface area contributed by atoms with Crippen molar-refractivity contribution in [2.24, 2.45) is 0 Å². The fraction of sp³-hybridized carbons (Fsp3) is 0.429. The van der Waals surface area contributed by atoms with Crippen LogP contribution in [0.1, 0.15) is 65.3 Å². The number of carbonyl (C=O) groups is 2. The molecule has 1 aromatic rings. The van der Waals surface area contributed by atoms with Crippen molar-refractivity contribution >= 4 is 40.0 Å². The normalized spacial score (nSPS) is 18.9. The number of amides is 2. The Bertz CT molecular complexity index is 1220. The summed E-state index contributed by atoms with van der Waals surface area (Å²) in [6, 6.07) is 0. The van der Waals surface area contributed by atoms with Crippen LogP contribution < -0.4 is 10.6 Å². The number of nitrogens with one attached hydrogen (secondary N) is 2. The standard InChI is InChI=1S/C28H36N4O4S2/c1-8-10-21-14-23(35-18(21)5)26(33)29-20(7)37-17(4)11-9-12-25-31-32-28(38-25)30-27(34)24-15-22(13-16(2)3)19(6)36-24/h8,10,13,23-24H,4,7,9,11-12,14-15H2,1-3,5-6H3,(H,29,33)(H,30,32,34)/b10-8+. The summed E-state index contributed by atoms with van der Waals surface area (Å²) in [5.41, 5.74) is 3.24. The summed E-state index contributed by atoms with van der Waals surface area (Å²) in [7, 11) is 0. The van der Waals surface area contributed by atoms with Crippen molar-refractivity contribution in [1.29, 1.82) is 0 Å². The fourth-order valence-corrected chi connectivity index (χ4v) is 5.56. The Morgan fingerprint density at radius 3 is 2.42 bits per heavy atom. The van der Waals surface area contributed by atoms with E-state index in [1.807, 2.05) is 52.8 Å². The number of aromatic nitrogens is 2. The zero-order valence-electron chi connectivity index (χ0n) is 22.7. The van der Waals surface area contributed by atoms with Gasteiger partial charge in [-0.1, -0.05) is 60.1 Å². The molecule has 0 fully saturated rings. The van der Waals surface area contributed by atoms with Gasteiger partial charge in [0.15, 0.2) is 12.2 Å². The largest absolute Gasteiger partial charge is 0.485 e. The van der Waals surface area contributed by atoms with Crippen molar-refractivity contribution in [3.8, 4) is 0 Å². The average Bonchev–Trinajstić information content (AvgIpc) is 3.53. The molecule has 0 aromatic carbocycles. The number of hydrogen-bond acceptors (Lipinski definition) is 8. The van der Waals surface area contributed by atoms with Gasteiger partial charge in [0.25, 0.3) is 11.8 Å². The van der Waals surface area contributed by atoms with Crippen LogP contribution in [-0.4, -0.2) is 34.2 Å². The Labute approximate surface area is 233 Å². The Morgan fingerprint density at radius 2 is 1.74 bits per heavy atom. The minimum atomic E-state index is -0.558. The highest BCUT2D eigenvalue weighted by Gasteiger charge is 2.30. The predicted octanol–water partition coefficient (Wildman–Crippen LogP) is 6.30. The van der Waals surface area contributed by atoms with Gasteiger partial charge in [0.05, 0.1) is 16.5 Å². The number of ether oxygens (including phenoxy) is 2. The lowest BCUT2D eigenvalue weighted by Crippen LogP contribution is -2.33. The van der Waals surface area contributed by atoms with Crippen molar-refractivity contribution in [1.82, 2.24) is 15.5 Å². The van der Waals surface area contributed by atoms with E-state index >= 15 is 0 Å². The molecular weight excluding hydrogens is 520 g/mol. The van der Waals surface area contributed by atoms with Crippen LogP contribution in [-0.2, 0) is 25.5 Å². The number of rotatable bonds is 12. The Hall–Kier alpha value is -3.11. The molecule has 0 bridgehead atoms. The number of allylic oxidation sites excluding steroid dienone is 7. The lowest BCUT2D eigenvalue weighted by Gasteiger charge is -2.14. The molecule has 0 saturated carbocycles. The molecule has 0 aliphatic carbocycles. The smallest absolute Gasteiger partial charge is 0.267 e. The molecule has 2 aliphatic rings.